The fourth-order valence-corrected chi connectivity index (χ4v) is 1.97. The standard InChI is InChI=1S/C11H15ClN2/c12-10-5-1-2-6-11(10)14-8-9-4-3-7-13-9/h1-2,5-6,9,13-14H,3-4,7-8H2/t9-/m0/s1. The van der Waals surface area contributed by atoms with Crippen molar-refractivity contribution in [2.75, 3.05) is 18.4 Å². The van der Waals surface area contributed by atoms with Crippen molar-refractivity contribution in [3.05, 3.63) is 29.3 Å². The highest BCUT2D eigenvalue weighted by molar-refractivity contribution is 6.33. The molecular weight excluding hydrogens is 196 g/mol. The number of halogens is 1. The first kappa shape index (κ1) is 9.81. The Kier molecular flexibility index (Phi) is 3.27. The van der Waals surface area contributed by atoms with Crippen LogP contribution in [0.5, 0.6) is 0 Å². The molecule has 0 saturated carbocycles. The monoisotopic (exact) mass is 210 g/mol. The second-order valence-electron chi connectivity index (χ2n) is 3.65. The van der Waals surface area contributed by atoms with Crippen molar-refractivity contribution in [2.24, 2.45) is 0 Å². The van der Waals surface area contributed by atoms with Crippen molar-refractivity contribution in [3.8, 4) is 0 Å². The molecule has 0 spiro atoms. The number of anilines is 1. The minimum atomic E-state index is 0.603. The minimum Gasteiger partial charge on any atom is -0.382 e. The second kappa shape index (κ2) is 4.67. The molecule has 1 aromatic rings. The summed E-state index contributed by atoms with van der Waals surface area (Å²) in [5, 5.41) is 7.60. The van der Waals surface area contributed by atoms with E-state index in [1.54, 1.807) is 0 Å². The van der Waals surface area contributed by atoms with E-state index < -0.39 is 0 Å². The van der Waals surface area contributed by atoms with Crippen molar-refractivity contribution >= 4 is 17.3 Å². The van der Waals surface area contributed by atoms with Gasteiger partial charge in [0, 0.05) is 12.6 Å². The van der Waals surface area contributed by atoms with Crippen LogP contribution in [0.25, 0.3) is 0 Å². The zero-order valence-corrected chi connectivity index (χ0v) is 8.85. The molecule has 2 N–H and O–H groups in total. The van der Waals surface area contributed by atoms with Gasteiger partial charge < -0.3 is 10.6 Å². The van der Waals surface area contributed by atoms with Crippen molar-refractivity contribution in [2.45, 2.75) is 18.9 Å². The lowest BCUT2D eigenvalue weighted by atomic mass is 10.2. The van der Waals surface area contributed by atoms with Gasteiger partial charge in [-0.25, -0.2) is 0 Å². The van der Waals surface area contributed by atoms with Crippen LogP contribution in [-0.4, -0.2) is 19.1 Å². The van der Waals surface area contributed by atoms with Gasteiger partial charge in [0.25, 0.3) is 0 Å². The van der Waals surface area contributed by atoms with Crippen molar-refractivity contribution in [1.82, 2.24) is 5.32 Å². The number of hydrogen-bond acceptors (Lipinski definition) is 2. The molecule has 1 fully saturated rings. The Balaban J connectivity index is 1.88. The maximum Gasteiger partial charge on any atom is 0.0637 e. The fourth-order valence-electron chi connectivity index (χ4n) is 1.77. The molecule has 0 unspecified atom stereocenters. The van der Waals surface area contributed by atoms with Gasteiger partial charge in [-0.1, -0.05) is 23.7 Å². The van der Waals surface area contributed by atoms with E-state index in [0.717, 1.165) is 23.8 Å². The average molecular weight is 211 g/mol. The molecule has 2 rings (SSSR count). The topological polar surface area (TPSA) is 24.1 Å². The fraction of sp³-hybridized carbons (Fsp3) is 0.455. The van der Waals surface area contributed by atoms with Gasteiger partial charge in [-0.2, -0.15) is 0 Å². The molecule has 1 aromatic carbocycles. The van der Waals surface area contributed by atoms with Gasteiger partial charge in [-0.05, 0) is 31.5 Å². The molecule has 3 heteroatoms. The van der Waals surface area contributed by atoms with Gasteiger partial charge >= 0.3 is 0 Å². The molecule has 14 heavy (non-hydrogen) atoms. The van der Waals surface area contributed by atoms with E-state index in [1.165, 1.54) is 12.8 Å². The summed E-state index contributed by atoms with van der Waals surface area (Å²) >= 11 is 6.03. The van der Waals surface area contributed by atoms with Crippen LogP contribution in [0.1, 0.15) is 12.8 Å². The molecule has 1 atom stereocenters. The number of nitrogens with one attached hydrogen (secondary N) is 2. The summed E-state index contributed by atoms with van der Waals surface area (Å²) in [6.45, 7) is 2.11. The van der Waals surface area contributed by atoms with Crippen LogP contribution in [0.3, 0.4) is 0 Å². The molecule has 2 nitrogen and oxygen atoms in total. The number of benzene rings is 1. The van der Waals surface area contributed by atoms with Crippen LogP contribution >= 0.6 is 11.6 Å². The van der Waals surface area contributed by atoms with Crippen LogP contribution in [0.4, 0.5) is 5.69 Å². The maximum atomic E-state index is 6.03. The third-order valence-corrected chi connectivity index (χ3v) is 2.90. The third kappa shape index (κ3) is 2.40. The van der Waals surface area contributed by atoms with Crippen LogP contribution < -0.4 is 10.6 Å². The molecule has 0 radical (unpaired) electrons. The molecule has 0 bridgehead atoms. The van der Waals surface area contributed by atoms with Gasteiger partial charge in [0.2, 0.25) is 0 Å². The van der Waals surface area contributed by atoms with Crippen LogP contribution in [0.2, 0.25) is 5.02 Å². The first-order chi connectivity index (χ1) is 6.86. The lowest BCUT2D eigenvalue weighted by Gasteiger charge is -2.13. The highest BCUT2D eigenvalue weighted by atomic mass is 35.5. The lowest BCUT2D eigenvalue weighted by molar-refractivity contribution is 0.633. The highest BCUT2D eigenvalue weighted by Gasteiger charge is 2.13. The molecule has 1 heterocycles. The summed E-state index contributed by atoms with van der Waals surface area (Å²) in [5.41, 5.74) is 1.03. The molecular formula is C11H15ClN2. The highest BCUT2D eigenvalue weighted by Crippen LogP contribution is 2.20. The van der Waals surface area contributed by atoms with Crippen LogP contribution in [0.15, 0.2) is 24.3 Å². The van der Waals surface area contributed by atoms with Gasteiger partial charge in [0.05, 0.1) is 10.7 Å². The summed E-state index contributed by atoms with van der Waals surface area (Å²) < 4.78 is 0. The molecule has 0 amide bonds. The molecule has 0 aliphatic carbocycles. The quantitative estimate of drug-likeness (QED) is 0.801. The summed E-state index contributed by atoms with van der Waals surface area (Å²) in [7, 11) is 0. The number of hydrogen-bond donors (Lipinski definition) is 2. The van der Waals surface area contributed by atoms with E-state index in [1.807, 2.05) is 24.3 Å². The molecule has 0 aromatic heterocycles. The number of rotatable bonds is 3. The van der Waals surface area contributed by atoms with Crippen LogP contribution in [-0.2, 0) is 0 Å². The van der Waals surface area contributed by atoms with Crippen LogP contribution in [0, 0.1) is 0 Å². The Hall–Kier alpha value is -0.730. The number of para-hydroxylation sites is 1. The second-order valence-corrected chi connectivity index (χ2v) is 4.06. The predicted octanol–water partition coefficient (Wildman–Crippen LogP) is 2.50. The van der Waals surface area contributed by atoms with Crippen molar-refractivity contribution in [1.29, 1.82) is 0 Å². The minimum absolute atomic E-state index is 0.603. The smallest absolute Gasteiger partial charge is 0.0637 e. The Morgan fingerprint density at radius 1 is 1.43 bits per heavy atom. The van der Waals surface area contributed by atoms with E-state index in [2.05, 4.69) is 10.6 Å². The normalized spacial score (nSPS) is 21.1. The largest absolute Gasteiger partial charge is 0.382 e. The van der Waals surface area contributed by atoms with Gasteiger partial charge in [0.15, 0.2) is 0 Å². The molecule has 1 aliphatic rings. The van der Waals surface area contributed by atoms with Gasteiger partial charge in [-0.15, -0.1) is 0 Å². The SMILES string of the molecule is Clc1ccccc1NC[C@@H]1CCCN1. The van der Waals surface area contributed by atoms with Gasteiger partial charge in [0.1, 0.15) is 0 Å². The van der Waals surface area contributed by atoms with E-state index in [0.29, 0.717) is 6.04 Å². The Bertz CT molecular complexity index is 295. The first-order valence-electron chi connectivity index (χ1n) is 5.08. The van der Waals surface area contributed by atoms with Gasteiger partial charge in [-0.3, -0.25) is 0 Å². The average Bonchev–Trinajstić information content (AvgIpc) is 2.69. The van der Waals surface area contributed by atoms with E-state index >= 15 is 0 Å². The Labute approximate surface area is 89.7 Å². The zero-order chi connectivity index (χ0) is 9.80. The Morgan fingerprint density at radius 3 is 3.00 bits per heavy atom. The maximum absolute atomic E-state index is 6.03. The zero-order valence-electron chi connectivity index (χ0n) is 8.09. The van der Waals surface area contributed by atoms with E-state index in [9.17, 15) is 0 Å². The lowest BCUT2D eigenvalue weighted by Crippen LogP contribution is -2.29. The summed E-state index contributed by atoms with van der Waals surface area (Å²) in [6, 6.07) is 8.47. The summed E-state index contributed by atoms with van der Waals surface area (Å²) in [4.78, 5) is 0. The van der Waals surface area contributed by atoms with E-state index in [4.69, 9.17) is 11.6 Å². The molecule has 76 valence electrons. The Morgan fingerprint density at radius 2 is 2.29 bits per heavy atom. The summed E-state index contributed by atoms with van der Waals surface area (Å²) in [6.07, 6.45) is 2.55. The summed E-state index contributed by atoms with van der Waals surface area (Å²) in [5.74, 6) is 0. The predicted molar refractivity (Wildman–Crippen MR) is 61.0 cm³/mol. The van der Waals surface area contributed by atoms with E-state index in [-0.39, 0.29) is 0 Å². The van der Waals surface area contributed by atoms with Crippen molar-refractivity contribution in [3.63, 3.8) is 0 Å². The molecule has 1 saturated heterocycles. The third-order valence-electron chi connectivity index (χ3n) is 2.58. The first-order valence-corrected chi connectivity index (χ1v) is 5.46. The molecule has 1 aliphatic heterocycles. The van der Waals surface area contributed by atoms with Crippen molar-refractivity contribution < 1.29 is 0 Å².